The molecular formula is C16H14ClF2NO. The summed E-state index contributed by atoms with van der Waals surface area (Å²) in [4.78, 5) is 0. The lowest BCUT2D eigenvalue weighted by molar-refractivity contribution is 0.182. The smallest absolute Gasteiger partial charge is 0.149 e. The van der Waals surface area contributed by atoms with Gasteiger partial charge in [0.25, 0.3) is 0 Å². The number of fused-ring (bicyclic) bond motifs is 1. The Morgan fingerprint density at radius 1 is 1.24 bits per heavy atom. The summed E-state index contributed by atoms with van der Waals surface area (Å²) in [5.74, 6) is -0.498. The van der Waals surface area contributed by atoms with E-state index in [4.69, 9.17) is 22.1 Å². The molecule has 2 nitrogen and oxygen atoms in total. The van der Waals surface area contributed by atoms with Crippen molar-refractivity contribution in [3.8, 4) is 16.9 Å². The van der Waals surface area contributed by atoms with Gasteiger partial charge in [-0.3, -0.25) is 0 Å². The molecule has 1 aliphatic heterocycles. The second-order valence-electron chi connectivity index (χ2n) is 5.06. The monoisotopic (exact) mass is 309 g/mol. The van der Waals surface area contributed by atoms with Crippen molar-refractivity contribution in [3.05, 3.63) is 52.6 Å². The summed E-state index contributed by atoms with van der Waals surface area (Å²) in [6, 6.07) is 7.34. The van der Waals surface area contributed by atoms with Crippen molar-refractivity contribution in [1.82, 2.24) is 0 Å². The van der Waals surface area contributed by atoms with E-state index < -0.39 is 11.6 Å². The number of hydrogen-bond donors (Lipinski definition) is 1. The Hall–Kier alpha value is -1.65. The third kappa shape index (κ3) is 2.61. The average molecular weight is 310 g/mol. The molecule has 2 N–H and O–H groups in total. The second kappa shape index (κ2) is 5.62. The topological polar surface area (TPSA) is 35.2 Å². The number of aryl methyl sites for hydroxylation is 1. The van der Waals surface area contributed by atoms with Gasteiger partial charge in [-0.1, -0.05) is 23.7 Å². The minimum atomic E-state index is -0.578. The molecular weight excluding hydrogens is 296 g/mol. The molecule has 110 valence electrons. The van der Waals surface area contributed by atoms with E-state index in [0.717, 1.165) is 12.0 Å². The average Bonchev–Trinajstić information content (AvgIpc) is 2.49. The summed E-state index contributed by atoms with van der Waals surface area (Å²) in [6.45, 7) is 0.369. The summed E-state index contributed by atoms with van der Waals surface area (Å²) in [7, 11) is 0. The van der Waals surface area contributed by atoms with Gasteiger partial charge in [0.05, 0.1) is 5.02 Å². The molecule has 0 fully saturated rings. The van der Waals surface area contributed by atoms with Crippen molar-refractivity contribution in [2.75, 3.05) is 6.54 Å². The van der Waals surface area contributed by atoms with Crippen LogP contribution in [-0.2, 0) is 6.42 Å². The van der Waals surface area contributed by atoms with E-state index in [1.54, 1.807) is 12.1 Å². The zero-order valence-electron chi connectivity index (χ0n) is 11.2. The fourth-order valence-electron chi connectivity index (χ4n) is 2.59. The van der Waals surface area contributed by atoms with E-state index in [1.807, 2.05) is 0 Å². The van der Waals surface area contributed by atoms with Gasteiger partial charge in [-0.25, -0.2) is 8.78 Å². The van der Waals surface area contributed by atoms with Crippen LogP contribution in [0.3, 0.4) is 0 Å². The van der Waals surface area contributed by atoms with Gasteiger partial charge < -0.3 is 10.5 Å². The highest BCUT2D eigenvalue weighted by Gasteiger charge is 2.24. The van der Waals surface area contributed by atoms with Gasteiger partial charge in [-0.2, -0.15) is 0 Å². The minimum Gasteiger partial charge on any atom is -0.488 e. The Morgan fingerprint density at radius 3 is 2.81 bits per heavy atom. The van der Waals surface area contributed by atoms with E-state index in [9.17, 15) is 8.78 Å². The highest BCUT2D eigenvalue weighted by atomic mass is 35.5. The van der Waals surface area contributed by atoms with Crippen LogP contribution >= 0.6 is 11.6 Å². The third-order valence-corrected chi connectivity index (χ3v) is 3.95. The van der Waals surface area contributed by atoms with Gasteiger partial charge in [0.15, 0.2) is 0 Å². The quantitative estimate of drug-likeness (QED) is 0.912. The standard InChI is InChI=1S/C16H14ClF2NO/c17-14-3-1-2-12(15(14)19)13-7-10(18)6-9-4-5-11(8-20)21-16(9)13/h1-3,6-7,11H,4-5,8,20H2/t11-/m1/s1. The Kier molecular flexibility index (Phi) is 3.83. The van der Waals surface area contributed by atoms with Gasteiger partial charge in [0, 0.05) is 17.7 Å². The normalized spacial score (nSPS) is 17.2. The highest BCUT2D eigenvalue weighted by Crippen LogP contribution is 2.40. The lowest BCUT2D eigenvalue weighted by atomic mass is 9.95. The first kappa shape index (κ1) is 14.3. The molecule has 0 saturated carbocycles. The largest absolute Gasteiger partial charge is 0.488 e. The van der Waals surface area contributed by atoms with Gasteiger partial charge in [0.2, 0.25) is 0 Å². The second-order valence-corrected chi connectivity index (χ2v) is 5.46. The van der Waals surface area contributed by atoms with Gasteiger partial charge in [-0.15, -0.1) is 0 Å². The van der Waals surface area contributed by atoms with Crippen molar-refractivity contribution >= 4 is 11.6 Å². The number of halogens is 3. The van der Waals surface area contributed by atoms with Crippen molar-refractivity contribution in [2.24, 2.45) is 5.73 Å². The van der Waals surface area contributed by atoms with Crippen LogP contribution in [0, 0.1) is 11.6 Å². The molecule has 21 heavy (non-hydrogen) atoms. The Bertz CT molecular complexity index is 690. The molecule has 0 radical (unpaired) electrons. The number of nitrogens with two attached hydrogens (primary N) is 1. The molecule has 1 aliphatic rings. The Labute approximate surface area is 126 Å². The maximum absolute atomic E-state index is 14.2. The van der Waals surface area contributed by atoms with Crippen molar-refractivity contribution in [1.29, 1.82) is 0 Å². The Morgan fingerprint density at radius 2 is 2.05 bits per heavy atom. The lowest BCUT2D eigenvalue weighted by Gasteiger charge is -2.27. The van der Waals surface area contributed by atoms with Gasteiger partial charge in [0.1, 0.15) is 23.5 Å². The van der Waals surface area contributed by atoms with E-state index in [1.165, 1.54) is 18.2 Å². The predicted molar refractivity (Wildman–Crippen MR) is 78.6 cm³/mol. The predicted octanol–water partition coefficient (Wildman–Crippen LogP) is 3.94. The molecule has 2 aromatic carbocycles. The van der Waals surface area contributed by atoms with Gasteiger partial charge >= 0.3 is 0 Å². The van der Waals surface area contributed by atoms with Crippen molar-refractivity contribution < 1.29 is 13.5 Å². The van der Waals surface area contributed by atoms with Crippen LogP contribution in [0.25, 0.3) is 11.1 Å². The highest BCUT2D eigenvalue weighted by molar-refractivity contribution is 6.31. The molecule has 5 heteroatoms. The number of rotatable bonds is 2. The fraction of sp³-hybridized carbons (Fsp3) is 0.250. The maximum Gasteiger partial charge on any atom is 0.149 e. The molecule has 1 heterocycles. The van der Waals surface area contributed by atoms with Crippen LogP contribution < -0.4 is 10.5 Å². The first-order valence-electron chi connectivity index (χ1n) is 6.73. The first-order valence-corrected chi connectivity index (χ1v) is 7.11. The van der Waals surface area contributed by atoms with Gasteiger partial charge in [-0.05, 0) is 36.6 Å². The van der Waals surface area contributed by atoms with E-state index in [2.05, 4.69) is 0 Å². The lowest BCUT2D eigenvalue weighted by Crippen LogP contribution is -2.30. The van der Waals surface area contributed by atoms with E-state index in [-0.39, 0.29) is 16.7 Å². The first-order chi connectivity index (χ1) is 10.1. The van der Waals surface area contributed by atoms with Crippen molar-refractivity contribution in [2.45, 2.75) is 18.9 Å². The molecule has 3 rings (SSSR count). The summed E-state index contributed by atoms with van der Waals surface area (Å²) < 4.78 is 33.9. The molecule has 1 atom stereocenters. The molecule has 0 unspecified atom stereocenters. The maximum atomic E-state index is 14.2. The molecule has 0 amide bonds. The van der Waals surface area contributed by atoms with Crippen LogP contribution in [0.4, 0.5) is 8.78 Å². The van der Waals surface area contributed by atoms with Crippen LogP contribution in [0.1, 0.15) is 12.0 Å². The summed E-state index contributed by atoms with van der Waals surface area (Å²) >= 11 is 5.81. The van der Waals surface area contributed by atoms with E-state index in [0.29, 0.717) is 24.3 Å². The summed E-state index contributed by atoms with van der Waals surface area (Å²) in [6.07, 6.45) is 1.25. The molecule has 0 aromatic heterocycles. The van der Waals surface area contributed by atoms with Crippen LogP contribution in [0.5, 0.6) is 5.75 Å². The fourth-order valence-corrected chi connectivity index (χ4v) is 2.77. The number of ether oxygens (including phenoxy) is 1. The minimum absolute atomic E-state index is 0.00306. The molecule has 0 saturated heterocycles. The van der Waals surface area contributed by atoms with E-state index >= 15 is 0 Å². The molecule has 0 spiro atoms. The van der Waals surface area contributed by atoms with Crippen LogP contribution in [0.15, 0.2) is 30.3 Å². The molecule has 2 aromatic rings. The number of benzene rings is 2. The van der Waals surface area contributed by atoms with Crippen LogP contribution in [-0.4, -0.2) is 12.6 Å². The summed E-state index contributed by atoms with van der Waals surface area (Å²) in [5, 5.41) is -0.00306. The molecule has 0 aliphatic carbocycles. The zero-order valence-corrected chi connectivity index (χ0v) is 12.0. The Balaban J connectivity index is 2.18. The summed E-state index contributed by atoms with van der Waals surface area (Å²) in [5.41, 5.74) is 6.98. The SMILES string of the molecule is NC[C@H]1CCc2cc(F)cc(-c3cccc(Cl)c3F)c2O1. The van der Waals surface area contributed by atoms with Crippen molar-refractivity contribution in [3.63, 3.8) is 0 Å². The van der Waals surface area contributed by atoms with Crippen LogP contribution in [0.2, 0.25) is 5.02 Å². The molecule has 0 bridgehead atoms. The zero-order chi connectivity index (χ0) is 15.0. The third-order valence-electron chi connectivity index (χ3n) is 3.66. The number of hydrogen-bond acceptors (Lipinski definition) is 2.